The fraction of sp³-hybridized carbons (Fsp3) is 0.182. The van der Waals surface area contributed by atoms with E-state index < -0.39 is 0 Å². The molecule has 0 amide bonds. The van der Waals surface area contributed by atoms with E-state index in [4.69, 9.17) is 10.3 Å². The van der Waals surface area contributed by atoms with Crippen molar-refractivity contribution < 1.29 is 8.91 Å². The fourth-order valence-corrected chi connectivity index (χ4v) is 1.40. The molecule has 3 nitrogen and oxygen atoms in total. The first-order valence-corrected chi connectivity index (χ1v) is 4.71. The summed E-state index contributed by atoms with van der Waals surface area (Å²) in [6, 6.07) is 6.43. The first kappa shape index (κ1) is 9.71. The number of hydrogen-bond donors (Lipinski definition) is 1. The molecule has 0 spiro atoms. The van der Waals surface area contributed by atoms with E-state index >= 15 is 0 Å². The molecule has 78 valence electrons. The van der Waals surface area contributed by atoms with E-state index in [9.17, 15) is 4.39 Å². The molecule has 0 aliphatic carbocycles. The smallest absolute Gasteiger partial charge is 0.172 e. The molecular weight excluding hydrogens is 195 g/mol. The second-order valence-electron chi connectivity index (χ2n) is 3.28. The van der Waals surface area contributed by atoms with E-state index in [1.807, 2.05) is 6.92 Å². The third kappa shape index (κ3) is 1.83. The van der Waals surface area contributed by atoms with Crippen molar-refractivity contribution in [1.82, 2.24) is 5.16 Å². The lowest BCUT2D eigenvalue weighted by Gasteiger charge is -2.01. The van der Waals surface area contributed by atoms with Gasteiger partial charge in [-0.05, 0) is 24.1 Å². The first-order valence-electron chi connectivity index (χ1n) is 4.71. The van der Waals surface area contributed by atoms with E-state index in [-0.39, 0.29) is 11.6 Å². The topological polar surface area (TPSA) is 52.0 Å². The Balaban J connectivity index is 2.51. The van der Waals surface area contributed by atoms with Crippen LogP contribution < -0.4 is 5.73 Å². The predicted octanol–water partition coefficient (Wildman–Crippen LogP) is 2.63. The van der Waals surface area contributed by atoms with Gasteiger partial charge in [-0.1, -0.05) is 18.1 Å². The summed E-state index contributed by atoms with van der Waals surface area (Å²) in [5.41, 5.74) is 6.85. The van der Waals surface area contributed by atoms with Crippen LogP contribution >= 0.6 is 0 Å². The minimum absolute atomic E-state index is 0.256. The predicted molar refractivity (Wildman–Crippen MR) is 55.7 cm³/mol. The number of benzene rings is 1. The van der Waals surface area contributed by atoms with Crippen LogP contribution in [0.1, 0.15) is 12.5 Å². The van der Waals surface area contributed by atoms with Crippen LogP contribution in [0.2, 0.25) is 0 Å². The molecule has 1 aromatic carbocycles. The number of nitrogens with two attached hydrogens (primary N) is 1. The summed E-state index contributed by atoms with van der Waals surface area (Å²) in [5, 5.41) is 3.53. The van der Waals surface area contributed by atoms with Gasteiger partial charge < -0.3 is 10.3 Å². The van der Waals surface area contributed by atoms with Crippen molar-refractivity contribution in [2.24, 2.45) is 0 Å². The van der Waals surface area contributed by atoms with Crippen molar-refractivity contribution >= 4 is 5.82 Å². The van der Waals surface area contributed by atoms with Crippen molar-refractivity contribution in [2.45, 2.75) is 13.3 Å². The molecule has 0 bridgehead atoms. The highest BCUT2D eigenvalue weighted by atomic mass is 19.1. The minimum atomic E-state index is -0.330. The number of hydrogen-bond acceptors (Lipinski definition) is 3. The Kier molecular flexibility index (Phi) is 2.41. The molecule has 0 atom stereocenters. The molecule has 0 saturated heterocycles. The van der Waals surface area contributed by atoms with Gasteiger partial charge in [0, 0.05) is 6.07 Å². The molecule has 0 fully saturated rings. The highest BCUT2D eigenvalue weighted by molar-refractivity contribution is 5.61. The third-order valence-electron chi connectivity index (χ3n) is 2.23. The third-order valence-corrected chi connectivity index (χ3v) is 2.23. The van der Waals surface area contributed by atoms with Crippen LogP contribution in [0.5, 0.6) is 0 Å². The molecule has 2 aromatic rings. The van der Waals surface area contributed by atoms with Gasteiger partial charge in [0.2, 0.25) is 0 Å². The molecule has 0 saturated carbocycles. The summed E-state index contributed by atoms with van der Waals surface area (Å²) in [6.07, 6.45) is 0.844. The number of halogens is 1. The van der Waals surface area contributed by atoms with Crippen LogP contribution in [0, 0.1) is 5.82 Å². The van der Waals surface area contributed by atoms with Gasteiger partial charge in [-0.15, -0.1) is 0 Å². The molecule has 2 N–H and O–H groups in total. The van der Waals surface area contributed by atoms with Gasteiger partial charge in [-0.3, -0.25) is 0 Å². The van der Waals surface area contributed by atoms with Gasteiger partial charge in [0.25, 0.3) is 0 Å². The number of rotatable bonds is 2. The molecular formula is C11H11FN2O. The van der Waals surface area contributed by atoms with Crippen LogP contribution in [0.4, 0.5) is 10.2 Å². The quantitative estimate of drug-likeness (QED) is 0.821. The van der Waals surface area contributed by atoms with Crippen molar-refractivity contribution in [1.29, 1.82) is 0 Å². The molecule has 0 unspecified atom stereocenters. The molecule has 2 rings (SSSR count). The van der Waals surface area contributed by atoms with Gasteiger partial charge >= 0.3 is 0 Å². The number of nitrogen functional groups attached to an aromatic ring is 1. The largest absolute Gasteiger partial charge is 0.381 e. The minimum Gasteiger partial charge on any atom is -0.381 e. The van der Waals surface area contributed by atoms with Crippen LogP contribution in [0.15, 0.2) is 28.8 Å². The van der Waals surface area contributed by atoms with E-state index in [0.717, 1.165) is 12.0 Å². The average molecular weight is 206 g/mol. The lowest BCUT2D eigenvalue weighted by molar-refractivity contribution is 0.433. The maximum atomic E-state index is 13.5. The second kappa shape index (κ2) is 3.73. The molecule has 1 aromatic heterocycles. The van der Waals surface area contributed by atoms with Crippen molar-refractivity contribution in [3.63, 3.8) is 0 Å². The Labute approximate surface area is 86.7 Å². The average Bonchev–Trinajstić information content (AvgIpc) is 2.65. The summed E-state index contributed by atoms with van der Waals surface area (Å²) in [4.78, 5) is 0. The van der Waals surface area contributed by atoms with Crippen LogP contribution in [-0.2, 0) is 6.42 Å². The van der Waals surface area contributed by atoms with E-state index in [0.29, 0.717) is 11.3 Å². The highest BCUT2D eigenvalue weighted by Gasteiger charge is 2.10. The fourth-order valence-electron chi connectivity index (χ4n) is 1.40. The number of anilines is 1. The van der Waals surface area contributed by atoms with Crippen molar-refractivity contribution in [3.8, 4) is 11.3 Å². The zero-order chi connectivity index (χ0) is 10.8. The zero-order valence-corrected chi connectivity index (χ0v) is 8.33. The molecule has 0 radical (unpaired) electrons. The molecule has 15 heavy (non-hydrogen) atoms. The lowest BCUT2D eigenvalue weighted by Crippen LogP contribution is -1.86. The van der Waals surface area contributed by atoms with Gasteiger partial charge in [-0.25, -0.2) is 4.39 Å². The Hall–Kier alpha value is -1.84. The SMILES string of the molecule is CCc1ccc(F)c(-c2cc(N)no2)c1. The number of aromatic nitrogens is 1. The molecule has 0 aliphatic heterocycles. The highest BCUT2D eigenvalue weighted by Crippen LogP contribution is 2.25. The number of nitrogens with zero attached hydrogens (tertiary/aromatic N) is 1. The van der Waals surface area contributed by atoms with Gasteiger partial charge in [-0.2, -0.15) is 0 Å². The standard InChI is InChI=1S/C11H11FN2O/c1-2-7-3-4-9(12)8(5-7)10-6-11(13)14-15-10/h3-6H,2H2,1H3,(H2,13,14). The van der Waals surface area contributed by atoms with Crippen LogP contribution in [0.25, 0.3) is 11.3 Å². The summed E-state index contributed by atoms with van der Waals surface area (Å²) < 4.78 is 18.4. The summed E-state index contributed by atoms with van der Waals surface area (Å²) in [5.74, 6) is 0.287. The van der Waals surface area contributed by atoms with E-state index in [2.05, 4.69) is 5.16 Å². The Bertz CT molecular complexity index is 479. The van der Waals surface area contributed by atoms with Crippen LogP contribution in [0.3, 0.4) is 0 Å². The zero-order valence-electron chi connectivity index (χ0n) is 8.33. The molecule has 1 heterocycles. The summed E-state index contributed by atoms with van der Waals surface area (Å²) in [7, 11) is 0. The van der Waals surface area contributed by atoms with Gasteiger partial charge in [0.15, 0.2) is 11.6 Å². The van der Waals surface area contributed by atoms with Crippen molar-refractivity contribution in [2.75, 3.05) is 5.73 Å². The van der Waals surface area contributed by atoms with Crippen molar-refractivity contribution in [3.05, 3.63) is 35.6 Å². The Morgan fingerprint density at radius 3 is 2.80 bits per heavy atom. The molecule has 4 heteroatoms. The van der Waals surface area contributed by atoms with E-state index in [1.54, 1.807) is 12.1 Å². The Morgan fingerprint density at radius 1 is 1.40 bits per heavy atom. The lowest BCUT2D eigenvalue weighted by atomic mass is 10.1. The van der Waals surface area contributed by atoms with E-state index in [1.165, 1.54) is 12.1 Å². The monoisotopic (exact) mass is 206 g/mol. The normalized spacial score (nSPS) is 10.5. The molecule has 0 aliphatic rings. The maximum absolute atomic E-state index is 13.5. The van der Waals surface area contributed by atoms with Crippen LogP contribution in [-0.4, -0.2) is 5.16 Å². The summed E-state index contributed by atoms with van der Waals surface area (Å²) >= 11 is 0. The van der Waals surface area contributed by atoms with Gasteiger partial charge in [0.1, 0.15) is 5.82 Å². The van der Waals surface area contributed by atoms with Gasteiger partial charge in [0.05, 0.1) is 5.56 Å². The summed E-state index contributed by atoms with van der Waals surface area (Å²) in [6.45, 7) is 2.01. The maximum Gasteiger partial charge on any atom is 0.172 e. The first-order chi connectivity index (χ1) is 7.20. The Morgan fingerprint density at radius 2 is 2.20 bits per heavy atom. The number of aryl methyl sites for hydroxylation is 1. The second-order valence-corrected chi connectivity index (χ2v) is 3.28.